The van der Waals surface area contributed by atoms with Gasteiger partial charge in [0.1, 0.15) is 6.54 Å². The Hall–Kier alpha value is -2.58. The molecule has 0 spiro atoms. The van der Waals surface area contributed by atoms with E-state index in [1.54, 1.807) is 16.8 Å². The van der Waals surface area contributed by atoms with Gasteiger partial charge in [-0.2, -0.15) is 0 Å². The van der Waals surface area contributed by atoms with Gasteiger partial charge in [0, 0.05) is 29.8 Å². The Morgan fingerprint density at radius 1 is 1.32 bits per heavy atom. The number of aliphatic carboxylic acids is 1. The van der Waals surface area contributed by atoms with E-state index in [1.807, 2.05) is 24.3 Å². The molecule has 130 valence electrons. The zero-order valence-corrected chi connectivity index (χ0v) is 14.3. The third-order valence-corrected chi connectivity index (χ3v) is 4.71. The monoisotopic (exact) mass is 360 g/mol. The number of nitrogens with zero attached hydrogens (tertiary/aromatic N) is 2. The molecule has 0 bridgehead atoms. The Bertz CT molecular complexity index is 886. The van der Waals surface area contributed by atoms with Gasteiger partial charge in [-0.05, 0) is 23.9 Å². The molecule has 2 heterocycles. The summed E-state index contributed by atoms with van der Waals surface area (Å²) in [4.78, 5) is 36.9. The fraction of sp³-hybridized carbons (Fsp3) is 0.235. The van der Waals surface area contributed by atoms with Crippen molar-refractivity contribution in [3.63, 3.8) is 0 Å². The van der Waals surface area contributed by atoms with E-state index >= 15 is 0 Å². The van der Waals surface area contributed by atoms with Gasteiger partial charge in [-0.3, -0.25) is 19.3 Å². The number of amides is 2. The summed E-state index contributed by atoms with van der Waals surface area (Å²) in [6.45, 7) is 0.312. The molecule has 1 aromatic heterocycles. The number of imide groups is 1. The molecule has 1 saturated heterocycles. The molecule has 1 aliphatic rings. The minimum absolute atomic E-state index is 0.177. The first-order chi connectivity index (χ1) is 12.0. The number of benzene rings is 1. The van der Waals surface area contributed by atoms with Gasteiger partial charge in [0.15, 0.2) is 0 Å². The lowest BCUT2D eigenvalue weighted by molar-refractivity contribution is -0.137. The zero-order chi connectivity index (χ0) is 18.0. The van der Waals surface area contributed by atoms with Gasteiger partial charge in [0.25, 0.3) is 11.1 Å². The maximum Gasteiger partial charge on any atom is 0.323 e. The van der Waals surface area contributed by atoms with Crippen LogP contribution in [-0.4, -0.2) is 52.0 Å². The highest BCUT2D eigenvalue weighted by molar-refractivity contribution is 8.18. The number of carboxylic acid groups (broad SMARTS) is 1. The molecule has 2 aromatic rings. The smallest absolute Gasteiger partial charge is 0.323 e. The van der Waals surface area contributed by atoms with Gasteiger partial charge in [-0.25, -0.2) is 0 Å². The number of para-hydroxylation sites is 1. The van der Waals surface area contributed by atoms with Crippen molar-refractivity contribution in [1.29, 1.82) is 0 Å². The number of hydrogen-bond acceptors (Lipinski definition) is 5. The molecule has 1 aromatic carbocycles. The van der Waals surface area contributed by atoms with E-state index in [9.17, 15) is 14.4 Å². The Labute approximate surface area is 147 Å². The van der Waals surface area contributed by atoms with E-state index in [0.717, 1.165) is 27.6 Å². The average molecular weight is 360 g/mol. The molecule has 1 fully saturated rings. The molecular weight excluding hydrogens is 344 g/mol. The molecule has 0 aliphatic carbocycles. The maximum absolute atomic E-state index is 12.4. The quantitative estimate of drug-likeness (QED) is 0.796. The zero-order valence-electron chi connectivity index (χ0n) is 13.5. The molecule has 1 aliphatic heterocycles. The molecule has 0 atom stereocenters. The minimum atomic E-state index is -0.952. The lowest BCUT2D eigenvalue weighted by Gasteiger charge is -2.10. The number of hydrogen-bond donors (Lipinski definition) is 1. The van der Waals surface area contributed by atoms with Crippen LogP contribution in [0.2, 0.25) is 0 Å². The van der Waals surface area contributed by atoms with Crippen molar-refractivity contribution in [2.45, 2.75) is 6.54 Å². The Balaban J connectivity index is 1.97. The summed E-state index contributed by atoms with van der Waals surface area (Å²) in [7, 11) is 1.51. The van der Waals surface area contributed by atoms with Crippen LogP contribution < -0.4 is 0 Å². The SMILES string of the molecule is COCCN1C(=O)S/C(=C\c2cn(CC(=O)O)c3ccccc23)C1=O. The van der Waals surface area contributed by atoms with Crippen LogP contribution in [0.4, 0.5) is 4.79 Å². The fourth-order valence-corrected chi connectivity index (χ4v) is 3.54. The van der Waals surface area contributed by atoms with Crippen LogP contribution in [0.1, 0.15) is 5.56 Å². The van der Waals surface area contributed by atoms with Crippen LogP contribution in [0.3, 0.4) is 0 Å². The minimum Gasteiger partial charge on any atom is -0.480 e. The van der Waals surface area contributed by atoms with Crippen LogP contribution in [0.5, 0.6) is 0 Å². The standard InChI is InChI=1S/C17H16N2O5S/c1-24-7-6-19-16(22)14(25-17(19)23)8-11-9-18(10-15(20)21)13-5-3-2-4-12(11)13/h2-5,8-9H,6-7,10H2,1H3,(H,20,21)/b14-8-. The second-order valence-electron chi connectivity index (χ2n) is 5.45. The summed E-state index contributed by atoms with van der Waals surface area (Å²) in [5.74, 6) is -1.31. The molecule has 0 unspecified atom stereocenters. The van der Waals surface area contributed by atoms with Gasteiger partial charge in [0.2, 0.25) is 0 Å². The summed E-state index contributed by atoms with van der Waals surface area (Å²) in [5.41, 5.74) is 1.46. The Morgan fingerprint density at radius 2 is 2.08 bits per heavy atom. The Morgan fingerprint density at radius 3 is 2.80 bits per heavy atom. The molecule has 7 nitrogen and oxygen atoms in total. The van der Waals surface area contributed by atoms with E-state index < -0.39 is 5.97 Å². The lowest BCUT2D eigenvalue weighted by Crippen LogP contribution is -2.31. The predicted molar refractivity (Wildman–Crippen MR) is 94.1 cm³/mol. The number of rotatable bonds is 6. The highest BCUT2D eigenvalue weighted by Gasteiger charge is 2.34. The maximum atomic E-state index is 12.4. The molecule has 2 amide bonds. The van der Waals surface area contributed by atoms with Crippen LogP contribution in [-0.2, 0) is 20.9 Å². The second kappa shape index (κ2) is 7.12. The largest absolute Gasteiger partial charge is 0.480 e. The van der Waals surface area contributed by atoms with E-state index in [2.05, 4.69) is 0 Å². The lowest BCUT2D eigenvalue weighted by atomic mass is 10.1. The summed E-state index contributed by atoms with van der Waals surface area (Å²) >= 11 is 0.876. The number of ether oxygens (including phenoxy) is 1. The number of methoxy groups -OCH3 is 1. The average Bonchev–Trinajstić information content (AvgIpc) is 3.04. The number of aromatic nitrogens is 1. The highest BCUT2D eigenvalue weighted by atomic mass is 32.2. The topological polar surface area (TPSA) is 88.8 Å². The molecule has 3 rings (SSSR count). The molecular formula is C17H16N2O5S. The molecule has 0 saturated carbocycles. The Kier molecular flexibility index (Phi) is 4.91. The van der Waals surface area contributed by atoms with Gasteiger partial charge in [-0.15, -0.1) is 0 Å². The normalized spacial score (nSPS) is 16.4. The van der Waals surface area contributed by atoms with Gasteiger partial charge < -0.3 is 14.4 Å². The van der Waals surface area contributed by atoms with Crippen molar-refractivity contribution < 1.29 is 24.2 Å². The van der Waals surface area contributed by atoms with Crippen molar-refractivity contribution in [3.05, 3.63) is 40.9 Å². The number of carbonyl (C=O) groups excluding carboxylic acids is 2. The van der Waals surface area contributed by atoms with Crippen LogP contribution >= 0.6 is 11.8 Å². The number of thioether (sulfide) groups is 1. The summed E-state index contributed by atoms with van der Waals surface area (Å²) in [6.07, 6.45) is 3.32. The molecule has 8 heteroatoms. The number of carbonyl (C=O) groups is 3. The van der Waals surface area contributed by atoms with Crippen LogP contribution in [0.25, 0.3) is 17.0 Å². The molecule has 1 N–H and O–H groups in total. The van der Waals surface area contributed by atoms with Crippen LogP contribution in [0, 0.1) is 0 Å². The first-order valence-corrected chi connectivity index (χ1v) is 8.37. The summed E-state index contributed by atoms with van der Waals surface area (Å²) in [6, 6.07) is 7.34. The third kappa shape index (κ3) is 3.45. The van der Waals surface area contributed by atoms with Crippen molar-refractivity contribution in [1.82, 2.24) is 9.47 Å². The van der Waals surface area contributed by atoms with E-state index in [1.165, 1.54) is 7.11 Å². The number of fused-ring (bicyclic) bond motifs is 1. The second-order valence-corrected chi connectivity index (χ2v) is 6.44. The van der Waals surface area contributed by atoms with Gasteiger partial charge in [-0.1, -0.05) is 18.2 Å². The van der Waals surface area contributed by atoms with E-state index in [0.29, 0.717) is 10.5 Å². The van der Waals surface area contributed by atoms with Crippen molar-refractivity contribution in [3.8, 4) is 0 Å². The summed E-state index contributed by atoms with van der Waals surface area (Å²) in [5, 5.41) is 9.55. The van der Waals surface area contributed by atoms with Crippen molar-refractivity contribution >= 4 is 45.9 Å². The van der Waals surface area contributed by atoms with Crippen molar-refractivity contribution in [2.75, 3.05) is 20.3 Å². The van der Waals surface area contributed by atoms with Gasteiger partial charge >= 0.3 is 5.97 Å². The first-order valence-electron chi connectivity index (χ1n) is 7.55. The van der Waals surface area contributed by atoms with Crippen molar-refractivity contribution in [2.24, 2.45) is 0 Å². The predicted octanol–water partition coefficient (Wildman–Crippen LogP) is 2.41. The van der Waals surface area contributed by atoms with Crippen LogP contribution in [0.15, 0.2) is 35.4 Å². The third-order valence-electron chi connectivity index (χ3n) is 3.80. The van der Waals surface area contributed by atoms with E-state index in [4.69, 9.17) is 9.84 Å². The first kappa shape index (κ1) is 17.2. The van der Waals surface area contributed by atoms with Gasteiger partial charge in [0.05, 0.1) is 18.1 Å². The number of carboxylic acids is 1. The molecule has 25 heavy (non-hydrogen) atoms. The fourth-order valence-electron chi connectivity index (χ4n) is 2.68. The van der Waals surface area contributed by atoms with E-state index in [-0.39, 0.29) is 30.8 Å². The highest BCUT2D eigenvalue weighted by Crippen LogP contribution is 2.33. The molecule has 0 radical (unpaired) electrons. The summed E-state index contributed by atoms with van der Waals surface area (Å²) < 4.78 is 6.53.